The molecule has 6 heteroatoms. The van der Waals surface area contributed by atoms with Crippen LogP contribution in [0.2, 0.25) is 0 Å². The lowest BCUT2D eigenvalue weighted by molar-refractivity contribution is 0.783. The average Bonchev–Trinajstić information content (AvgIpc) is 2.83. The molecule has 0 radical (unpaired) electrons. The Kier molecular flexibility index (Phi) is 2.45. The van der Waals surface area contributed by atoms with Crippen LogP contribution >= 0.6 is 0 Å². The molecule has 0 bridgehead atoms. The van der Waals surface area contributed by atoms with E-state index < -0.39 is 0 Å². The van der Waals surface area contributed by atoms with Crippen molar-refractivity contribution in [3.05, 3.63) is 59.5 Å². The predicted octanol–water partition coefficient (Wildman–Crippen LogP) is 1.02. The molecule has 6 nitrogen and oxygen atoms in total. The molecule has 0 aromatic carbocycles. The highest BCUT2D eigenvalue weighted by Gasteiger charge is 2.10. The summed E-state index contributed by atoms with van der Waals surface area (Å²) in [5, 5.41) is 2.84. The maximum atomic E-state index is 12.2. The van der Waals surface area contributed by atoms with Crippen LogP contribution in [0.5, 0.6) is 0 Å². The number of pyridine rings is 1. The Balaban J connectivity index is 2.12. The quantitative estimate of drug-likeness (QED) is 0.724. The largest absolute Gasteiger partial charge is 0.295 e. The van der Waals surface area contributed by atoms with Crippen molar-refractivity contribution in [3.8, 4) is 17.1 Å². The lowest BCUT2D eigenvalue weighted by Gasteiger charge is -1.97. The van der Waals surface area contributed by atoms with E-state index in [-0.39, 0.29) is 5.56 Å². The van der Waals surface area contributed by atoms with E-state index in [0.29, 0.717) is 11.5 Å². The van der Waals surface area contributed by atoms with E-state index in [1.54, 1.807) is 43.1 Å². The van der Waals surface area contributed by atoms with Crippen molar-refractivity contribution in [2.45, 2.75) is 0 Å². The Labute approximate surface area is 102 Å². The van der Waals surface area contributed by atoms with Gasteiger partial charge < -0.3 is 0 Å². The first-order chi connectivity index (χ1) is 8.86. The molecule has 0 aliphatic carbocycles. The molecule has 18 heavy (non-hydrogen) atoms. The molecule has 1 N–H and O–H groups in total. The minimum absolute atomic E-state index is 0.200. The van der Waals surface area contributed by atoms with Crippen LogP contribution in [0.1, 0.15) is 0 Å². The summed E-state index contributed by atoms with van der Waals surface area (Å²) < 4.78 is 1.29. The Morgan fingerprint density at radius 2 is 1.94 bits per heavy atom. The summed E-state index contributed by atoms with van der Waals surface area (Å²) in [4.78, 5) is 24.2. The van der Waals surface area contributed by atoms with Crippen LogP contribution in [0, 0.1) is 0 Å². The van der Waals surface area contributed by atoms with Crippen molar-refractivity contribution in [2.24, 2.45) is 0 Å². The second-order valence-electron chi connectivity index (χ2n) is 3.62. The number of aromatic amines is 1. The summed E-state index contributed by atoms with van der Waals surface area (Å²) in [7, 11) is 0. The van der Waals surface area contributed by atoms with Gasteiger partial charge >= 0.3 is 0 Å². The smallest absolute Gasteiger partial charge is 0.281 e. The van der Waals surface area contributed by atoms with Crippen molar-refractivity contribution in [2.75, 3.05) is 0 Å². The van der Waals surface area contributed by atoms with E-state index in [1.165, 1.54) is 4.68 Å². The third-order valence-electron chi connectivity index (χ3n) is 2.50. The maximum absolute atomic E-state index is 12.2. The van der Waals surface area contributed by atoms with Crippen LogP contribution in [0.15, 0.2) is 54.0 Å². The SMILES string of the molecule is O=c1c(-c2cccnc2)c[nH]n1-c1ncccn1. The second-order valence-corrected chi connectivity index (χ2v) is 3.62. The van der Waals surface area contributed by atoms with Gasteiger partial charge in [0.15, 0.2) is 0 Å². The molecule has 3 aromatic rings. The van der Waals surface area contributed by atoms with E-state index in [1.807, 2.05) is 6.07 Å². The lowest BCUT2D eigenvalue weighted by Crippen LogP contribution is -2.18. The van der Waals surface area contributed by atoms with E-state index in [9.17, 15) is 4.79 Å². The van der Waals surface area contributed by atoms with Crippen LogP contribution in [0.4, 0.5) is 0 Å². The summed E-state index contributed by atoms with van der Waals surface area (Å²) in [5.74, 6) is 0.317. The fourth-order valence-electron chi connectivity index (χ4n) is 1.65. The number of nitrogens with zero attached hydrogens (tertiary/aromatic N) is 4. The zero-order valence-corrected chi connectivity index (χ0v) is 9.32. The molecule has 3 aromatic heterocycles. The molecule has 0 spiro atoms. The van der Waals surface area contributed by atoms with E-state index >= 15 is 0 Å². The van der Waals surface area contributed by atoms with Crippen molar-refractivity contribution in [3.63, 3.8) is 0 Å². The first-order valence-electron chi connectivity index (χ1n) is 5.34. The molecule has 0 saturated carbocycles. The molecule has 0 atom stereocenters. The van der Waals surface area contributed by atoms with Crippen molar-refractivity contribution in [1.29, 1.82) is 0 Å². The zero-order valence-electron chi connectivity index (χ0n) is 9.32. The number of hydrogen-bond donors (Lipinski definition) is 1. The molecule has 3 heterocycles. The highest BCUT2D eigenvalue weighted by atomic mass is 16.1. The Morgan fingerprint density at radius 3 is 2.67 bits per heavy atom. The molecule has 0 fully saturated rings. The van der Waals surface area contributed by atoms with Crippen molar-refractivity contribution in [1.82, 2.24) is 24.7 Å². The third-order valence-corrected chi connectivity index (χ3v) is 2.50. The van der Waals surface area contributed by atoms with Gasteiger partial charge in [0.2, 0.25) is 0 Å². The van der Waals surface area contributed by atoms with Crippen molar-refractivity contribution < 1.29 is 0 Å². The zero-order chi connectivity index (χ0) is 12.4. The van der Waals surface area contributed by atoms with E-state index in [0.717, 1.165) is 5.56 Å². The van der Waals surface area contributed by atoms with Crippen LogP contribution in [-0.2, 0) is 0 Å². The molecule has 88 valence electrons. The van der Waals surface area contributed by atoms with Crippen LogP contribution in [-0.4, -0.2) is 24.7 Å². The van der Waals surface area contributed by atoms with Crippen LogP contribution in [0.3, 0.4) is 0 Å². The normalized spacial score (nSPS) is 10.4. The van der Waals surface area contributed by atoms with Gasteiger partial charge in [-0.25, -0.2) is 9.97 Å². The summed E-state index contributed by atoms with van der Waals surface area (Å²) >= 11 is 0. The lowest BCUT2D eigenvalue weighted by atomic mass is 10.2. The maximum Gasteiger partial charge on any atom is 0.281 e. The molecule has 0 saturated heterocycles. The minimum atomic E-state index is -0.200. The Morgan fingerprint density at radius 1 is 1.11 bits per heavy atom. The van der Waals surface area contributed by atoms with Gasteiger partial charge in [-0.15, -0.1) is 0 Å². The number of nitrogens with one attached hydrogen (secondary N) is 1. The van der Waals surface area contributed by atoms with Crippen LogP contribution in [0.25, 0.3) is 17.1 Å². The topological polar surface area (TPSA) is 76.5 Å². The highest BCUT2D eigenvalue weighted by molar-refractivity contribution is 5.60. The Hall–Kier alpha value is -2.76. The molecule has 3 rings (SSSR count). The van der Waals surface area contributed by atoms with Crippen LogP contribution < -0.4 is 5.56 Å². The molecular formula is C12H9N5O. The molecule has 0 aliphatic rings. The van der Waals surface area contributed by atoms with Gasteiger partial charge in [-0.2, -0.15) is 4.68 Å². The van der Waals surface area contributed by atoms with Gasteiger partial charge in [0.25, 0.3) is 11.5 Å². The van der Waals surface area contributed by atoms with Gasteiger partial charge in [-0.1, -0.05) is 6.07 Å². The number of aromatic nitrogens is 5. The fraction of sp³-hybridized carbons (Fsp3) is 0. The fourth-order valence-corrected chi connectivity index (χ4v) is 1.65. The van der Waals surface area contributed by atoms with Gasteiger partial charge in [0.05, 0.1) is 5.56 Å². The first kappa shape index (κ1) is 10.4. The Bertz CT molecular complexity index is 642. The van der Waals surface area contributed by atoms with E-state index in [2.05, 4.69) is 20.1 Å². The monoisotopic (exact) mass is 239 g/mol. The predicted molar refractivity (Wildman–Crippen MR) is 65.2 cm³/mol. The molecule has 0 unspecified atom stereocenters. The van der Waals surface area contributed by atoms with Gasteiger partial charge in [-0.05, 0) is 12.1 Å². The van der Waals surface area contributed by atoms with Gasteiger partial charge in [-0.3, -0.25) is 14.9 Å². The molecular weight excluding hydrogens is 230 g/mol. The number of hydrogen-bond acceptors (Lipinski definition) is 4. The second kappa shape index (κ2) is 4.25. The first-order valence-corrected chi connectivity index (χ1v) is 5.34. The summed E-state index contributed by atoms with van der Waals surface area (Å²) in [5.41, 5.74) is 1.10. The van der Waals surface area contributed by atoms with Crippen molar-refractivity contribution >= 4 is 0 Å². The highest BCUT2D eigenvalue weighted by Crippen LogP contribution is 2.12. The number of rotatable bonds is 2. The van der Waals surface area contributed by atoms with Gasteiger partial charge in [0, 0.05) is 36.5 Å². The van der Waals surface area contributed by atoms with E-state index in [4.69, 9.17) is 0 Å². The minimum Gasteiger partial charge on any atom is -0.295 e. The van der Waals surface area contributed by atoms with Gasteiger partial charge in [0.1, 0.15) is 0 Å². The summed E-state index contributed by atoms with van der Waals surface area (Å²) in [6.07, 6.45) is 8.09. The summed E-state index contributed by atoms with van der Waals surface area (Å²) in [6.45, 7) is 0. The molecule has 0 amide bonds. The number of H-pyrrole nitrogens is 1. The third kappa shape index (κ3) is 1.69. The molecule has 0 aliphatic heterocycles. The standard InChI is InChI=1S/C12H9N5O/c18-11-10(9-3-1-4-13-7-9)8-16-17(11)12-14-5-2-6-15-12/h1-8,16H. The average molecular weight is 239 g/mol. The summed E-state index contributed by atoms with van der Waals surface area (Å²) in [6, 6.07) is 5.30.